The lowest BCUT2D eigenvalue weighted by atomic mass is 10.2. The number of halogens is 1. The number of aromatic nitrogens is 2. The highest BCUT2D eigenvalue weighted by atomic mass is 35.5. The number of rotatable bonds is 4. The van der Waals surface area contributed by atoms with Gasteiger partial charge in [0, 0.05) is 19.5 Å². The van der Waals surface area contributed by atoms with Crippen LogP contribution in [-0.2, 0) is 13.5 Å². The smallest absolute Gasteiger partial charge is 0.111 e. The number of para-hydroxylation sites is 1. The van der Waals surface area contributed by atoms with Gasteiger partial charge in [0.15, 0.2) is 0 Å². The number of nitrogens with zero attached hydrogens (tertiary/aromatic N) is 2. The Labute approximate surface area is 107 Å². The SMILES string of the molecule is CCNC(C)Cc1nc2cccc(Cl)c2n1C. The van der Waals surface area contributed by atoms with E-state index in [2.05, 4.69) is 28.7 Å². The summed E-state index contributed by atoms with van der Waals surface area (Å²) in [5, 5.41) is 4.16. The van der Waals surface area contributed by atoms with Crippen LogP contribution in [0, 0.1) is 0 Å². The summed E-state index contributed by atoms with van der Waals surface area (Å²) in [6, 6.07) is 6.27. The summed E-state index contributed by atoms with van der Waals surface area (Å²) < 4.78 is 2.09. The van der Waals surface area contributed by atoms with Crippen LogP contribution < -0.4 is 5.32 Å². The van der Waals surface area contributed by atoms with Gasteiger partial charge in [0.2, 0.25) is 0 Å². The van der Waals surface area contributed by atoms with Crippen LogP contribution in [-0.4, -0.2) is 22.1 Å². The first-order chi connectivity index (χ1) is 8.13. The quantitative estimate of drug-likeness (QED) is 0.906. The summed E-state index contributed by atoms with van der Waals surface area (Å²) in [5.74, 6) is 1.07. The van der Waals surface area contributed by atoms with E-state index < -0.39 is 0 Å². The van der Waals surface area contributed by atoms with E-state index in [9.17, 15) is 0 Å². The van der Waals surface area contributed by atoms with E-state index in [-0.39, 0.29) is 0 Å². The van der Waals surface area contributed by atoms with Crippen LogP contribution in [0.3, 0.4) is 0 Å². The standard InChI is InChI=1S/C13H18ClN3/c1-4-15-9(2)8-12-16-11-7-5-6-10(14)13(11)17(12)3/h5-7,9,15H,4,8H2,1-3H3. The average Bonchev–Trinajstić information content (AvgIpc) is 2.57. The molecule has 2 rings (SSSR count). The fraction of sp³-hybridized carbons (Fsp3) is 0.462. The van der Waals surface area contributed by atoms with Crippen molar-refractivity contribution in [1.29, 1.82) is 0 Å². The monoisotopic (exact) mass is 251 g/mol. The second kappa shape index (κ2) is 5.07. The number of benzene rings is 1. The highest BCUT2D eigenvalue weighted by Gasteiger charge is 2.12. The number of hydrogen-bond donors (Lipinski definition) is 1. The Bertz CT molecular complexity index is 519. The number of fused-ring (bicyclic) bond motifs is 1. The molecule has 0 saturated heterocycles. The zero-order valence-corrected chi connectivity index (χ0v) is 11.3. The number of imidazole rings is 1. The topological polar surface area (TPSA) is 29.9 Å². The van der Waals surface area contributed by atoms with Gasteiger partial charge in [-0.3, -0.25) is 0 Å². The molecule has 0 aliphatic heterocycles. The lowest BCUT2D eigenvalue weighted by molar-refractivity contribution is 0.545. The number of likely N-dealkylation sites (N-methyl/N-ethyl adjacent to an activating group) is 1. The third kappa shape index (κ3) is 2.45. The van der Waals surface area contributed by atoms with Gasteiger partial charge in [-0.15, -0.1) is 0 Å². The van der Waals surface area contributed by atoms with E-state index in [0.29, 0.717) is 6.04 Å². The summed E-state index contributed by atoms with van der Waals surface area (Å²) >= 11 is 6.20. The van der Waals surface area contributed by atoms with Crippen molar-refractivity contribution in [3.05, 3.63) is 29.0 Å². The van der Waals surface area contributed by atoms with Crippen LogP contribution in [0.1, 0.15) is 19.7 Å². The molecule has 1 N–H and O–H groups in total. The van der Waals surface area contributed by atoms with Crippen molar-refractivity contribution in [3.63, 3.8) is 0 Å². The molecule has 0 spiro atoms. The first-order valence-electron chi connectivity index (χ1n) is 5.96. The molecule has 1 aromatic carbocycles. The Morgan fingerprint density at radius 1 is 1.47 bits per heavy atom. The van der Waals surface area contributed by atoms with Gasteiger partial charge in [0.25, 0.3) is 0 Å². The van der Waals surface area contributed by atoms with Crippen LogP contribution in [0.15, 0.2) is 18.2 Å². The Kier molecular flexibility index (Phi) is 3.69. The molecule has 4 heteroatoms. The van der Waals surface area contributed by atoms with Crippen molar-refractivity contribution >= 4 is 22.6 Å². The van der Waals surface area contributed by atoms with Gasteiger partial charge < -0.3 is 9.88 Å². The molecule has 0 fully saturated rings. The minimum Gasteiger partial charge on any atom is -0.330 e. The zero-order chi connectivity index (χ0) is 12.4. The Morgan fingerprint density at radius 2 is 2.24 bits per heavy atom. The molecule has 1 heterocycles. The van der Waals surface area contributed by atoms with Crippen molar-refractivity contribution in [1.82, 2.24) is 14.9 Å². The highest BCUT2D eigenvalue weighted by molar-refractivity contribution is 6.35. The fourth-order valence-corrected chi connectivity index (χ4v) is 2.44. The predicted octanol–water partition coefficient (Wildman–Crippen LogP) is 2.77. The minimum atomic E-state index is 0.425. The van der Waals surface area contributed by atoms with Crippen LogP contribution >= 0.6 is 11.6 Å². The molecule has 0 bridgehead atoms. The summed E-state index contributed by atoms with van der Waals surface area (Å²) in [5.41, 5.74) is 1.99. The first-order valence-corrected chi connectivity index (χ1v) is 6.34. The maximum Gasteiger partial charge on any atom is 0.111 e. The summed E-state index contributed by atoms with van der Waals surface area (Å²) in [4.78, 5) is 4.63. The molecular formula is C13H18ClN3. The number of nitrogens with one attached hydrogen (secondary N) is 1. The minimum absolute atomic E-state index is 0.425. The average molecular weight is 252 g/mol. The van der Waals surface area contributed by atoms with Gasteiger partial charge in [-0.1, -0.05) is 24.6 Å². The molecule has 2 aromatic rings. The summed E-state index contributed by atoms with van der Waals surface area (Å²) in [7, 11) is 2.02. The van der Waals surface area contributed by atoms with Crippen LogP contribution in [0.4, 0.5) is 0 Å². The summed E-state index contributed by atoms with van der Waals surface area (Å²) in [6.07, 6.45) is 0.912. The molecule has 1 aromatic heterocycles. The van der Waals surface area contributed by atoms with Gasteiger partial charge >= 0.3 is 0 Å². The van der Waals surface area contributed by atoms with E-state index in [0.717, 1.165) is 34.8 Å². The molecule has 0 aliphatic carbocycles. The second-order valence-electron chi connectivity index (χ2n) is 4.36. The van der Waals surface area contributed by atoms with Gasteiger partial charge in [0.1, 0.15) is 5.82 Å². The van der Waals surface area contributed by atoms with E-state index in [1.165, 1.54) is 0 Å². The third-order valence-corrected chi connectivity index (χ3v) is 3.28. The largest absolute Gasteiger partial charge is 0.330 e. The highest BCUT2D eigenvalue weighted by Crippen LogP contribution is 2.23. The zero-order valence-electron chi connectivity index (χ0n) is 10.5. The molecule has 92 valence electrons. The Balaban J connectivity index is 2.36. The van der Waals surface area contributed by atoms with Crippen molar-refractivity contribution in [3.8, 4) is 0 Å². The van der Waals surface area contributed by atoms with E-state index in [1.807, 2.05) is 25.2 Å². The van der Waals surface area contributed by atoms with Gasteiger partial charge in [-0.2, -0.15) is 0 Å². The molecule has 0 radical (unpaired) electrons. The molecule has 1 atom stereocenters. The molecule has 17 heavy (non-hydrogen) atoms. The second-order valence-corrected chi connectivity index (χ2v) is 4.76. The Morgan fingerprint density at radius 3 is 2.88 bits per heavy atom. The molecule has 1 unspecified atom stereocenters. The molecule has 0 amide bonds. The van der Waals surface area contributed by atoms with Crippen LogP contribution in [0.25, 0.3) is 11.0 Å². The van der Waals surface area contributed by atoms with Crippen molar-refractivity contribution < 1.29 is 0 Å². The summed E-state index contributed by atoms with van der Waals surface area (Å²) in [6.45, 7) is 5.26. The molecule has 0 aliphatic rings. The Hall–Kier alpha value is -1.06. The number of aryl methyl sites for hydroxylation is 1. The van der Waals surface area contributed by atoms with E-state index >= 15 is 0 Å². The number of hydrogen-bond acceptors (Lipinski definition) is 2. The maximum absolute atomic E-state index is 6.20. The van der Waals surface area contributed by atoms with Crippen molar-refractivity contribution in [2.45, 2.75) is 26.3 Å². The van der Waals surface area contributed by atoms with Gasteiger partial charge in [-0.05, 0) is 25.6 Å². The van der Waals surface area contributed by atoms with Crippen LogP contribution in [0.2, 0.25) is 5.02 Å². The van der Waals surface area contributed by atoms with Gasteiger partial charge in [-0.25, -0.2) is 4.98 Å². The lowest BCUT2D eigenvalue weighted by Crippen LogP contribution is -2.28. The van der Waals surface area contributed by atoms with Crippen molar-refractivity contribution in [2.24, 2.45) is 7.05 Å². The van der Waals surface area contributed by atoms with E-state index in [1.54, 1.807) is 0 Å². The third-order valence-electron chi connectivity index (χ3n) is 2.98. The first kappa shape index (κ1) is 12.4. The fourth-order valence-electron chi connectivity index (χ4n) is 2.15. The lowest BCUT2D eigenvalue weighted by Gasteiger charge is -2.11. The van der Waals surface area contributed by atoms with E-state index in [4.69, 9.17) is 11.6 Å². The maximum atomic E-state index is 6.20. The molecule has 3 nitrogen and oxygen atoms in total. The predicted molar refractivity (Wildman–Crippen MR) is 72.6 cm³/mol. The van der Waals surface area contributed by atoms with Gasteiger partial charge in [0.05, 0.1) is 16.1 Å². The van der Waals surface area contributed by atoms with Crippen molar-refractivity contribution in [2.75, 3.05) is 6.54 Å². The van der Waals surface area contributed by atoms with Crippen LogP contribution in [0.5, 0.6) is 0 Å². The molecular weight excluding hydrogens is 234 g/mol. The normalized spacial score (nSPS) is 13.2. The molecule has 0 saturated carbocycles.